The summed E-state index contributed by atoms with van der Waals surface area (Å²) in [5, 5.41) is 0. The van der Waals surface area contributed by atoms with Crippen molar-refractivity contribution < 1.29 is 38.1 Å². The van der Waals surface area contributed by atoms with E-state index in [0.29, 0.717) is 60.9 Å². The van der Waals surface area contributed by atoms with E-state index >= 15 is 0 Å². The lowest BCUT2D eigenvalue weighted by atomic mass is 9.77. The van der Waals surface area contributed by atoms with E-state index in [-0.39, 0.29) is 23.9 Å². The molecular formula is C44H56O8. The first-order valence-corrected chi connectivity index (χ1v) is 19.5. The largest absolute Gasteiger partial charge is 0.463 e. The van der Waals surface area contributed by atoms with Crippen LogP contribution in [0.15, 0.2) is 73.8 Å². The summed E-state index contributed by atoms with van der Waals surface area (Å²) in [5.41, 5.74) is 3.53. The van der Waals surface area contributed by atoms with Gasteiger partial charge in [-0.05, 0) is 162 Å². The molecule has 0 unspecified atom stereocenters. The molecule has 0 N–H and O–H groups in total. The third-order valence-electron chi connectivity index (χ3n) is 11.4. The van der Waals surface area contributed by atoms with Crippen LogP contribution >= 0.6 is 0 Å². The highest BCUT2D eigenvalue weighted by atomic mass is 16.6. The van der Waals surface area contributed by atoms with E-state index in [1.54, 1.807) is 0 Å². The Morgan fingerprint density at radius 1 is 0.538 bits per heavy atom. The molecule has 0 saturated heterocycles. The Morgan fingerprint density at radius 3 is 1.25 bits per heavy atom. The van der Waals surface area contributed by atoms with E-state index in [4.69, 9.17) is 18.9 Å². The Hall–Kier alpha value is -4.20. The van der Waals surface area contributed by atoms with Crippen LogP contribution in [0.2, 0.25) is 0 Å². The van der Waals surface area contributed by atoms with Crippen LogP contribution in [0.25, 0.3) is 0 Å². The molecule has 0 amide bonds. The maximum Gasteiger partial charge on any atom is 0.338 e. The molecule has 52 heavy (non-hydrogen) atoms. The first-order chi connectivity index (χ1) is 25.3. The van der Waals surface area contributed by atoms with Crippen LogP contribution in [0.3, 0.4) is 0 Å². The fraction of sp³-hybridized carbons (Fsp3) is 0.545. The second-order valence-corrected chi connectivity index (χ2v) is 14.9. The minimum atomic E-state index is -0.469. The molecule has 0 heterocycles. The molecule has 8 heteroatoms. The summed E-state index contributed by atoms with van der Waals surface area (Å²) < 4.78 is 22.1. The van der Waals surface area contributed by atoms with Crippen molar-refractivity contribution in [2.75, 3.05) is 13.2 Å². The summed E-state index contributed by atoms with van der Waals surface area (Å²) in [5.74, 6) is 0.781. The van der Waals surface area contributed by atoms with E-state index in [0.717, 1.165) is 89.9 Å². The Labute approximate surface area is 309 Å². The van der Waals surface area contributed by atoms with Crippen molar-refractivity contribution in [1.29, 1.82) is 0 Å². The van der Waals surface area contributed by atoms with Crippen LogP contribution < -0.4 is 0 Å². The number of hydrogen-bond acceptors (Lipinski definition) is 8. The fourth-order valence-electron chi connectivity index (χ4n) is 8.30. The van der Waals surface area contributed by atoms with E-state index < -0.39 is 12.2 Å². The highest BCUT2D eigenvalue weighted by Gasteiger charge is 2.32. The third kappa shape index (κ3) is 11.7. The van der Waals surface area contributed by atoms with Crippen LogP contribution in [0, 0.1) is 11.8 Å². The fourth-order valence-corrected chi connectivity index (χ4v) is 8.30. The highest BCUT2D eigenvalue weighted by molar-refractivity contribution is 5.90. The average molecular weight is 713 g/mol. The Balaban J connectivity index is 1.04. The number of rotatable bonds is 16. The molecule has 2 aromatic carbocycles. The minimum absolute atomic E-state index is 0.360. The van der Waals surface area contributed by atoms with Crippen LogP contribution in [-0.4, -0.2) is 49.3 Å². The molecule has 2 atom stereocenters. The lowest BCUT2D eigenvalue weighted by Gasteiger charge is -2.31. The van der Waals surface area contributed by atoms with Crippen LogP contribution in [0.4, 0.5) is 0 Å². The molecule has 3 fully saturated rings. The maximum absolute atomic E-state index is 13.2. The van der Waals surface area contributed by atoms with Gasteiger partial charge in [0.1, 0.15) is 12.2 Å². The summed E-state index contributed by atoms with van der Waals surface area (Å²) in [6.45, 7) is 7.76. The van der Waals surface area contributed by atoms with Crippen molar-refractivity contribution >= 4 is 23.9 Å². The average Bonchev–Trinajstić information content (AvgIpc) is 3.19. The Morgan fingerprint density at radius 2 is 0.904 bits per heavy atom. The van der Waals surface area contributed by atoms with Gasteiger partial charge >= 0.3 is 23.9 Å². The van der Waals surface area contributed by atoms with Crippen molar-refractivity contribution in [3.05, 3.63) is 96.1 Å². The minimum Gasteiger partial charge on any atom is -0.463 e. The second-order valence-electron chi connectivity index (χ2n) is 14.9. The zero-order valence-corrected chi connectivity index (χ0v) is 30.6. The first kappa shape index (κ1) is 39.0. The van der Waals surface area contributed by atoms with Gasteiger partial charge in [0.2, 0.25) is 0 Å². The number of esters is 4. The Kier molecular flexibility index (Phi) is 15.1. The zero-order valence-electron chi connectivity index (χ0n) is 30.6. The van der Waals surface area contributed by atoms with Gasteiger partial charge in [0.05, 0.1) is 24.3 Å². The van der Waals surface area contributed by atoms with Crippen LogP contribution in [0.1, 0.15) is 146 Å². The monoisotopic (exact) mass is 712 g/mol. The van der Waals surface area contributed by atoms with Crippen LogP contribution in [0.5, 0.6) is 0 Å². The smallest absolute Gasteiger partial charge is 0.338 e. The molecule has 3 saturated carbocycles. The van der Waals surface area contributed by atoms with E-state index in [1.807, 2.05) is 24.3 Å². The number of carbonyl (C=O) groups is 4. The van der Waals surface area contributed by atoms with Crippen LogP contribution in [-0.2, 0) is 28.5 Å². The molecule has 3 aliphatic carbocycles. The normalized spacial score (nSPS) is 24.5. The topological polar surface area (TPSA) is 105 Å². The van der Waals surface area contributed by atoms with Gasteiger partial charge in [0, 0.05) is 12.2 Å². The zero-order chi connectivity index (χ0) is 36.7. The lowest BCUT2D eigenvalue weighted by molar-refractivity contribution is -0.138. The molecule has 0 radical (unpaired) electrons. The molecule has 0 bridgehead atoms. The van der Waals surface area contributed by atoms with Crippen molar-refractivity contribution in [3.63, 3.8) is 0 Å². The molecule has 5 rings (SSSR count). The van der Waals surface area contributed by atoms with Crippen molar-refractivity contribution in [2.45, 2.75) is 127 Å². The lowest BCUT2D eigenvalue weighted by Crippen LogP contribution is -2.37. The van der Waals surface area contributed by atoms with Crippen molar-refractivity contribution in [1.82, 2.24) is 0 Å². The summed E-state index contributed by atoms with van der Waals surface area (Å²) in [6, 6.07) is 15.7. The molecule has 0 aliphatic heterocycles. The molecular weight excluding hydrogens is 656 g/mol. The summed E-state index contributed by atoms with van der Waals surface area (Å²) in [7, 11) is 0. The predicted octanol–water partition coefficient (Wildman–Crippen LogP) is 9.58. The first-order valence-electron chi connectivity index (χ1n) is 19.5. The molecule has 2 aromatic rings. The van der Waals surface area contributed by atoms with Gasteiger partial charge in [0.25, 0.3) is 0 Å². The van der Waals surface area contributed by atoms with Gasteiger partial charge in [-0.25, -0.2) is 19.2 Å². The van der Waals surface area contributed by atoms with Gasteiger partial charge < -0.3 is 18.9 Å². The number of benzene rings is 2. The number of carbonyl (C=O) groups excluding carboxylic acids is 4. The quantitative estimate of drug-likeness (QED) is 0.0734. The van der Waals surface area contributed by atoms with Gasteiger partial charge in [-0.3, -0.25) is 0 Å². The summed E-state index contributed by atoms with van der Waals surface area (Å²) in [6.07, 6.45) is 17.6. The van der Waals surface area contributed by atoms with Gasteiger partial charge in [0.15, 0.2) is 0 Å². The molecule has 280 valence electrons. The summed E-state index contributed by atoms with van der Waals surface area (Å²) >= 11 is 0. The third-order valence-corrected chi connectivity index (χ3v) is 11.4. The molecule has 3 aliphatic rings. The number of ether oxygens (including phenoxy) is 4. The van der Waals surface area contributed by atoms with Crippen molar-refractivity contribution in [2.24, 2.45) is 11.8 Å². The van der Waals surface area contributed by atoms with Gasteiger partial charge in [-0.2, -0.15) is 0 Å². The summed E-state index contributed by atoms with van der Waals surface area (Å²) in [4.78, 5) is 48.9. The maximum atomic E-state index is 13.2. The Bertz CT molecular complexity index is 1370. The molecule has 8 nitrogen and oxygen atoms in total. The number of hydrogen-bond donors (Lipinski definition) is 0. The predicted molar refractivity (Wildman–Crippen MR) is 200 cm³/mol. The van der Waals surface area contributed by atoms with Gasteiger partial charge in [-0.15, -0.1) is 0 Å². The standard InChI is InChI=1S/C44H56O8/c1-3-41(45)49-29-7-9-31-13-17-33(18-14-31)35-21-25-37(26-22-35)43(47)51-39-11-5-6-12-40(39)52-44(48)38-27-23-36(24-28-38)34-19-15-32(16-20-34)10-8-30-50-42(46)4-2/h3-4,21-28,31-34,39-40H,1-2,5-20,29-30H2/t31?,32?,33?,34?,39-,40-/m1/s1. The highest BCUT2D eigenvalue weighted by Crippen LogP contribution is 2.39. The van der Waals surface area contributed by atoms with E-state index in [1.165, 1.54) is 23.3 Å². The van der Waals surface area contributed by atoms with Gasteiger partial charge in [-0.1, -0.05) is 37.4 Å². The second kappa shape index (κ2) is 20.1. The van der Waals surface area contributed by atoms with E-state index in [2.05, 4.69) is 37.4 Å². The SMILES string of the molecule is C=CC(=O)OCCCC1CCC(c2ccc(C(=O)O[C@@H]3CCCC[C@H]3OC(=O)c3ccc(C4CCC(CCCOC(=O)C=C)CC4)cc3)cc2)CC1. The van der Waals surface area contributed by atoms with Crippen molar-refractivity contribution in [3.8, 4) is 0 Å². The van der Waals surface area contributed by atoms with E-state index in [9.17, 15) is 19.2 Å². The molecule has 0 spiro atoms. The molecule has 0 aromatic heterocycles.